The Kier molecular flexibility index (Phi) is 6.34. The molecule has 3 heterocycles. The molecule has 12 rings (SSSR count). The quantitative estimate of drug-likeness (QED) is 0.179. The summed E-state index contributed by atoms with van der Waals surface area (Å²) in [6.45, 7) is 0. The van der Waals surface area contributed by atoms with E-state index < -0.39 is 0 Å². The molecule has 0 amide bonds. The Balaban J connectivity index is 1.08. The van der Waals surface area contributed by atoms with Gasteiger partial charge in [0.15, 0.2) is 0 Å². The lowest BCUT2D eigenvalue weighted by Gasteiger charge is -2.23. The number of nitrogens with zero attached hydrogens (tertiary/aromatic N) is 2. The fourth-order valence-electron chi connectivity index (χ4n) is 9.07. The summed E-state index contributed by atoms with van der Waals surface area (Å²) in [7, 11) is 0. The highest BCUT2D eigenvalue weighted by Crippen LogP contribution is 2.51. The topological polar surface area (TPSA) is 19.1 Å². The van der Waals surface area contributed by atoms with Crippen molar-refractivity contribution in [1.82, 2.24) is 9.13 Å². The highest BCUT2D eigenvalue weighted by molar-refractivity contribution is 6.26. The van der Waals surface area contributed by atoms with Crippen LogP contribution in [-0.4, -0.2) is 9.13 Å². The van der Waals surface area contributed by atoms with Gasteiger partial charge in [-0.1, -0.05) is 127 Å². The number of benzene rings is 9. The van der Waals surface area contributed by atoms with E-state index in [0.29, 0.717) is 0 Å². The smallest absolute Gasteiger partial charge is 0.137 e. The fourth-order valence-corrected chi connectivity index (χ4v) is 9.07. The standard InChI is InChI=1S/C52H32N2O/c1-3-13-33(14-4-1)35-17-11-18-37(29-35)54-46-23-10-8-20-41(46)51-42-21-12-24-49-52(42)44(32-48(51)54)40-27-26-38(31-50(40)55-49)53-45-22-9-7-19-39(45)43-30-36(25-28-47(43)53)34-15-5-2-6-16-34/h1-32H. The van der Waals surface area contributed by atoms with Crippen LogP contribution in [0.15, 0.2) is 194 Å². The van der Waals surface area contributed by atoms with Gasteiger partial charge in [0.25, 0.3) is 0 Å². The van der Waals surface area contributed by atoms with E-state index in [1.807, 2.05) is 0 Å². The number of rotatable bonds is 4. The highest BCUT2D eigenvalue weighted by atomic mass is 16.5. The van der Waals surface area contributed by atoms with Crippen molar-refractivity contribution >= 4 is 54.4 Å². The first-order chi connectivity index (χ1) is 27.3. The zero-order valence-electron chi connectivity index (χ0n) is 29.8. The van der Waals surface area contributed by atoms with Crippen molar-refractivity contribution < 1.29 is 4.74 Å². The van der Waals surface area contributed by atoms with E-state index >= 15 is 0 Å². The minimum absolute atomic E-state index is 0.859. The summed E-state index contributed by atoms with van der Waals surface area (Å²) in [4.78, 5) is 0. The zero-order chi connectivity index (χ0) is 36.0. The van der Waals surface area contributed by atoms with Gasteiger partial charge in [-0.15, -0.1) is 0 Å². The van der Waals surface area contributed by atoms with Crippen molar-refractivity contribution in [3.63, 3.8) is 0 Å². The molecule has 2 aromatic heterocycles. The van der Waals surface area contributed by atoms with Crippen LogP contribution >= 0.6 is 0 Å². The Morgan fingerprint density at radius 3 is 1.69 bits per heavy atom. The number of hydrogen-bond acceptors (Lipinski definition) is 1. The maximum atomic E-state index is 6.89. The summed E-state index contributed by atoms with van der Waals surface area (Å²) in [5.41, 5.74) is 14.0. The van der Waals surface area contributed by atoms with E-state index in [-0.39, 0.29) is 0 Å². The summed E-state index contributed by atoms with van der Waals surface area (Å²) in [5.74, 6) is 1.74. The molecule has 1 aliphatic heterocycles. The van der Waals surface area contributed by atoms with Gasteiger partial charge in [-0.25, -0.2) is 0 Å². The molecule has 11 aromatic rings. The number of aromatic nitrogens is 2. The predicted molar refractivity (Wildman–Crippen MR) is 229 cm³/mol. The van der Waals surface area contributed by atoms with Crippen molar-refractivity contribution in [1.29, 1.82) is 0 Å². The lowest BCUT2D eigenvalue weighted by Crippen LogP contribution is -2.01. The average Bonchev–Trinajstić information content (AvgIpc) is 3.77. The molecule has 0 N–H and O–H groups in total. The van der Waals surface area contributed by atoms with Crippen LogP contribution in [0, 0.1) is 0 Å². The predicted octanol–water partition coefficient (Wildman–Crippen LogP) is 14.1. The molecule has 0 radical (unpaired) electrons. The number of hydrogen-bond donors (Lipinski definition) is 0. The molecule has 0 saturated carbocycles. The molecule has 256 valence electrons. The minimum Gasteiger partial charge on any atom is -0.456 e. The molecule has 0 spiro atoms. The Morgan fingerprint density at radius 1 is 0.291 bits per heavy atom. The van der Waals surface area contributed by atoms with Gasteiger partial charge in [0.2, 0.25) is 0 Å². The van der Waals surface area contributed by atoms with Gasteiger partial charge in [0, 0.05) is 49.9 Å². The van der Waals surface area contributed by atoms with Crippen LogP contribution in [-0.2, 0) is 0 Å². The Hall–Kier alpha value is -7.36. The molecule has 0 bridgehead atoms. The van der Waals surface area contributed by atoms with E-state index in [2.05, 4.69) is 203 Å². The number of fused-ring (bicyclic) bond motifs is 9. The van der Waals surface area contributed by atoms with Crippen molar-refractivity contribution in [3.05, 3.63) is 194 Å². The summed E-state index contributed by atoms with van der Waals surface area (Å²) >= 11 is 0. The second-order valence-corrected chi connectivity index (χ2v) is 14.5. The summed E-state index contributed by atoms with van der Waals surface area (Å²) in [5, 5.41) is 7.29. The maximum absolute atomic E-state index is 6.89. The molecule has 3 nitrogen and oxygen atoms in total. The monoisotopic (exact) mass is 700 g/mol. The number of ether oxygens (including phenoxy) is 1. The van der Waals surface area contributed by atoms with Crippen LogP contribution in [0.1, 0.15) is 0 Å². The molecular formula is C52H32N2O. The molecule has 0 saturated heterocycles. The third-order valence-electron chi connectivity index (χ3n) is 11.5. The SMILES string of the molecule is c1ccc(-c2cccc(-n3c4ccccc4c4c5cccc6c5c(cc43)-c3ccc(-n4c5ccccc5c5cc(-c7ccccc7)ccc54)cc3O6)c2)cc1. The van der Waals surface area contributed by atoms with Gasteiger partial charge in [-0.05, 0) is 93.9 Å². The first-order valence-electron chi connectivity index (χ1n) is 18.8. The van der Waals surface area contributed by atoms with E-state index in [1.165, 1.54) is 76.8 Å². The van der Waals surface area contributed by atoms with E-state index in [1.54, 1.807) is 0 Å². The van der Waals surface area contributed by atoms with Crippen molar-refractivity contribution in [2.75, 3.05) is 0 Å². The first kappa shape index (κ1) is 30.1. The number of para-hydroxylation sites is 2. The minimum atomic E-state index is 0.859. The molecule has 0 atom stereocenters. The van der Waals surface area contributed by atoms with Crippen molar-refractivity contribution in [2.45, 2.75) is 0 Å². The molecular weight excluding hydrogens is 669 g/mol. The lowest BCUT2D eigenvalue weighted by molar-refractivity contribution is 0.487. The molecule has 0 aliphatic carbocycles. The molecule has 0 fully saturated rings. The first-order valence-corrected chi connectivity index (χ1v) is 18.8. The third kappa shape index (κ3) is 4.44. The van der Waals surface area contributed by atoms with Gasteiger partial charge < -0.3 is 13.9 Å². The normalized spacial score (nSPS) is 12.1. The summed E-state index contributed by atoms with van der Waals surface area (Å²) < 4.78 is 11.7. The van der Waals surface area contributed by atoms with Crippen LogP contribution in [0.4, 0.5) is 0 Å². The maximum Gasteiger partial charge on any atom is 0.137 e. The van der Waals surface area contributed by atoms with Crippen LogP contribution in [0.2, 0.25) is 0 Å². The van der Waals surface area contributed by atoms with Crippen LogP contribution in [0.5, 0.6) is 11.5 Å². The Morgan fingerprint density at radius 2 is 0.891 bits per heavy atom. The molecule has 3 heteroatoms. The summed E-state index contributed by atoms with van der Waals surface area (Å²) in [6.07, 6.45) is 0. The van der Waals surface area contributed by atoms with Gasteiger partial charge in [0.05, 0.1) is 22.1 Å². The third-order valence-corrected chi connectivity index (χ3v) is 11.5. The Labute approximate surface area is 317 Å². The average molecular weight is 701 g/mol. The van der Waals surface area contributed by atoms with Crippen LogP contribution in [0.3, 0.4) is 0 Å². The zero-order valence-corrected chi connectivity index (χ0v) is 29.8. The lowest BCUT2D eigenvalue weighted by atomic mass is 9.92. The molecule has 1 aliphatic rings. The van der Waals surface area contributed by atoms with E-state index in [9.17, 15) is 0 Å². The van der Waals surface area contributed by atoms with Crippen LogP contribution in [0.25, 0.3) is 99.1 Å². The highest BCUT2D eigenvalue weighted by Gasteiger charge is 2.26. The largest absolute Gasteiger partial charge is 0.456 e. The second-order valence-electron chi connectivity index (χ2n) is 14.5. The molecule has 9 aromatic carbocycles. The van der Waals surface area contributed by atoms with Gasteiger partial charge >= 0.3 is 0 Å². The van der Waals surface area contributed by atoms with Crippen molar-refractivity contribution in [3.8, 4) is 56.3 Å². The molecule has 0 unspecified atom stereocenters. The van der Waals surface area contributed by atoms with E-state index in [0.717, 1.165) is 33.8 Å². The summed E-state index contributed by atoms with van der Waals surface area (Å²) in [6, 6.07) is 70.1. The van der Waals surface area contributed by atoms with Gasteiger partial charge in [-0.3, -0.25) is 0 Å². The van der Waals surface area contributed by atoms with Gasteiger partial charge in [0.1, 0.15) is 11.5 Å². The van der Waals surface area contributed by atoms with Gasteiger partial charge in [-0.2, -0.15) is 0 Å². The molecule has 55 heavy (non-hydrogen) atoms. The fraction of sp³-hybridized carbons (Fsp3) is 0. The Bertz CT molecular complexity index is 3330. The van der Waals surface area contributed by atoms with Crippen LogP contribution < -0.4 is 4.74 Å². The van der Waals surface area contributed by atoms with Crippen molar-refractivity contribution in [2.24, 2.45) is 0 Å². The second kappa shape index (κ2) is 11.6. The van der Waals surface area contributed by atoms with E-state index in [4.69, 9.17) is 4.74 Å².